The first-order chi connectivity index (χ1) is 13.1. The zero-order valence-electron chi connectivity index (χ0n) is 16.2. The summed E-state index contributed by atoms with van der Waals surface area (Å²) < 4.78 is 2.04. The van der Waals surface area contributed by atoms with Gasteiger partial charge in [0.2, 0.25) is 5.91 Å². The molecule has 2 aliphatic rings. The Kier molecular flexibility index (Phi) is 5.09. The van der Waals surface area contributed by atoms with Crippen molar-refractivity contribution in [1.82, 2.24) is 24.6 Å². The lowest BCUT2D eigenvalue weighted by molar-refractivity contribution is -0.139. The van der Waals surface area contributed by atoms with Crippen LogP contribution in [-0.4, -0.2) is 37.1 Å². The van der Waals surface area contributed by atoms with Crippen LogP contribution in [0.1, 0.15) is 55.4 Å². The standard InChI is InChI=1S/C20H28N6O/c1-3-5-16-11-21-14(2)23-19(16)22-12-17-10-18-13-25(8-9-26(18)24-17)20(27)15-6-4-7-15/h10-11,15H,3-9,12-13H2,1-2H3,(H,21,22,23). The molecule has 0 bridgehead atoms. The highest BCUT2D eigenvalue weighted by Crippen LogP contribution is 2.29. The van der Waals surface area contributed by atoms with E-state index in [0.717, 1.165) is 67.4 Å². The average molecular weight is 368 g/mol. The van der Waals surface area contributed by atoms with Crippen molar-refractivity contribution in [2.45, 2.75) is 65.6 Å². The van der Waals surface area contributed by atoms with Crippen LogP contribution in [0.25, 0.3) is 0 Å². The monoisotopic (exact) mass is 368 g/mol. The van der Waals surface area contributed by atoms with Gasteiger partial charge in [-0.3, -0.25) is 9.48 Å². The predicted octanol–water partition coefficient (Wildman–Crippen LogP) is 2.69. The summed E-state index contributed by atoms with van der Waals surface area (Å²) in [5.41, 5.74) is 3.25. The SMILES string of the molecule is CCCc1cnc(C)nc1NCc1cc2n(n1)CCN(C(=O)C1CCC1)C2. The van der Waals surface area contributed by atoms with Crippen LogP contribution in [0.3, 0.4) is 0 Å². The van der Waals surface area contributed by atoms with Crippen molar-refractivity contribution in [2.24, 2.45) is 5.92 Å². The van der Waals surface area contributed by atoms with Crippen LogP contribution in [0.4, 0.5) is 5.82 Å². The van der Waals surface area contributed by atoms with Gasteiger partial charge in [-0.2, -0.15) is 5.10 Å². The summed E-state index contributed by atoms with van der Waals surface area (Å²) in [6.07, 6.45) is 7.24. The quantitative estimate of drug-likeness (QED) is 0.848. The van der Waals surface area contributed by atoms with E-state index < -0.39 is 0 Å². The Morgan fingerprint density at radius 3 is 2.93 bits per heavy atom. The highest BCUT2D eigenvalue weighted by Gasteiger charge is 2.31. The molecule has 0 spiro atoms. The molecule has 144 valence electrons. The molecule has 1 aliphatic heterocycles. The van der Waals surface area contributed by atoms with Crippen LogP contribution in [0.15, 0.2) is 12.3 Å². The van der Waals surface area contributed by atoms with Gasteiger partial charge in [-0.05, 0) is 32.3 Å². The van der Waals surface area contributed by atoms with Crippen LogP contribution in [0, 0.1) is 12.8 Å². The summed E-state index contributed by atoms with van der Waals surface area (Å²) in [5.74, 6) is 2.26. The van der Waals surface area contributed by atoms with Gasteiger partial charge in [0, 0.05) is 24.2 Å². The molecule has 1 saturated carbocycles. The molecule has 7 heteroatoms. The molecule has 4 rings (SSSR count). The molecule has 1 aliphatic carbocycles. The molecular formula is C20H28N6O. The number of hydrogen-bond donors (Lipinski definition) is 1. The summed E-state index contributed by atoms with van der Waals surface area (Å²) >= 11 is 0. The minimum atomic E-state index is 0.263. The lowest BCUT2D eigenvalue weighted by Gasteiger charge is -2.34. The van der Waals surface area contributed by atoms with Crippen molar-refractivity contribution >= 4 is 11.7 Å². The highest BCUT2D eigenvalue weighted by atomic mass is 16.2. The number of amides is 1. The zero-order chi connectivity index (χ0) is 18.8. The fourth-order valence-corrected chi connectivity index (χ4v) is 3.79. The van der Waals surface area contributed by atoms with Crippen molar-refractivity contribution in [3.05, 3.63) is 35.0 Å². The number of carbonyl (C=O) groups excluding carboxylic acids is 1. The first-order valence-electron chi connectivity index (χ1n) is 10.0. The third-order valence-electron chi connectivity index (χ3n) is 5.56. The number of aryl methyl sites for hydroxylation is 2. The van der Waals surface area contributed by atoms with Gasteiger partial charge in [0.05, 0.1) is 31.0 Å². The molecule has 0 radical (unpaired) electrons. The number of nitrogens with one attached hydrogen (secondary N) is 1. The number of rotatable bonds is 6. The third-order valence-corrected chi connectivity index (χ3v) is 5.56. The van der Waals surface area contributed by atoms with Gasteiger partial charge in [0.1, 0.15) is 11.6 Å². The maximum Gasteiger partial charge on any atom is 0.226 e. The molecule has 1 N–H and O–H groups in total. The van der Waals surface area contributed by atoms with Crippen molar-refractivity contribution in [3.8, 4) is 0 Å². The first kappa shape index (κ1) is 17.9. The van der Waals surface area contributed by atoms with Crippen LogP contribution >= 0.6 is 0 Å². The predicted molar refractivity (Wildman–Crippen MR) is 103 cm³/mol. The van der Waals surface area contributed by atoms with Crippen LogP contribution in [-0.2, 0) is 30.8 Å². The van der Waals surface area contributed by atoms with Gasteiger partial charge in [0.25, 0.3) is 0 Å². The fourth-order valence-electron chi connectivity index (χ4n) is 3.79. The lowest BCUT2D eigenvalue weighted by Crippen LogP contribution is -2.43. The van der Waals surface area contributed by atoms with Crippen molar-refractivity contribution < 1.29 is 4.79 Å². The van der Waals surface area contributed by atoms with Gasteiger partial charge >= 0.3 is 0 Å². The van der Waals surface area contributed by atoms with Crippen LogP contribution in [0.5, 0.6) is 0 Å². The number of aromatic nitrogens is 4. The van der Waals surface area contributed by atoms with Gasteiger partial charge in [-0.1, -0.05) is 19.8 Å². The Morgan fingerprint density at radius 1 is 1.33 bits per heavy atom. The van der Waals surface area contributed by atoms with E-state index in [1.54, 1.807) is 0 Å². The van der Waals surface area contributed by atoms with E-state index in [1.165, 1.54) is 6.42 Å². The number of carbonyl (C=O) groups is 1. The van der Waals surface area contributed by atoms with Crippen LogP contribution in [0.2, 0.25) is 0 Å². The van der Waals surface area contributed by atoms with Gasteiger partial charge in [-0.25, -0.2) is 9.97 Å². The number of anilines is 1. The van der Waals surface area contributed by atoms with E-state index in [0.29, 0.717) is 19.0 Å². The normalized spacial score (nSPS) is 16.7. The summed E-state index contributed by atoms with van der Waals surface area (Å²) in [6, 6.07) is 2.11. The first-order valence-corrected chi connectivity index (χ1v) is 10.0. The molecule has 2 aromatic heterocycles. The van der Waals surface area contributed by atoms with E-state index >= 15 is 0 Å². The third kappa shape index (κ3) is 3.82. The molecule has 0 atom stereocenters. The lowest BCUT2D eigenvalue weighted by atomic mass is 9.84. The molecule has 0 aromatic carbocycles. The Hall–Kier alpha value is -2.44. The second kappa shape index (κ2) is 7.66. The molecule has 1 fully saturated rings. The Bertz CT molecular complexity index is 826. The van der Waals surface area contributed by atoms with E-state index in [4.69, 9.17) is 5.10 Å². The van der Waals surface area contributed by atoms with E-state index in [2.05, 4.69) is 28.3 Å². The summed E-state index contributed by atoms with van der Waals surface area (Å²) in [4.78, 5) is 23.4. The second-order valence-electron chi connectivity index (χ2n) is 7.63. The number of nitrogens with zero attached hydrogens (tertiary/aromatic N) is 5. The summed E-state index contributed by atoms with van der Waals surface area (Å²) in [7, 11) is 0. The maximum atomic E-state index is 12.5. The second-order valence-corrected chi connectivity index (χ2v) is 7.63. The number of fused-ring (bicyclic) bond motifs is 1. The van der Waals surface area contributed by atoms with Gasteiger partial charge in [0.15, 0.2) is 0 Å². The minimum Gasteiger partial charge on any atom is -0.364 e. The molecule has 3 heterocycles. The molecule has 0 unspecified atom stereocenters. The van der Waals surface area contributed by atoms with Crippen molar-refractivity contribution in [3.63, 3.8) is 0 Å². The van der Waals surface area contributed by atoms with Crippen molar-refractivity contribution in [1.29, 1.82) is 0 Å². The van der Waals surface area contributed by atoms with Gasteiger partial charge < -0.3 is 10.2 Å². The Balaban J connectivity index is 1.41. The largest absolute Gasteiger partial charge is 0.364 e. The highest BCUT2D eigenvalue weighted by molar-refractivity contribution is 5.79. The summed E-state index contributed by atoms with van der Waals surface area (Å²) in [6.45, 7) is 6.91. The van der Waals surface area contributed by atoms with Crippen molar-refractivity contribution in [2.75, 3.05) is 11.9 Å². The number of hydrogen-bond acceptors (Lipinski definition) is 5. The fraction of sp³-hybridized carbons (Fsp3) is 0.600. The Morgan fingerprint density at radius 2 is 2.19 bits per heavy atom. The average Bonchev–Trinajstić information content (AvgIpc) is 3.02. The Labute approximate surface area is 160 Å². The van der Waals surface area contributed by atoms with E-state index in [-0.39, 0.29) is 5.92 Å². The minimum absolute atomic E-state index is 0.263. The molecule has 27 heavy (non-hydrogen) atoms. The van der Waals surface area contributed by atoms with E-state index in [1.807, 2.05) is 22.7 Å². The van der Waals surface area contributed by atoms with Gasteiger partial charge in [-0.15, -0.1) is 0 Å². The summed E-state index contributed by atoms with van der Waals surface area (Å²) in [5, 5.41) is 8.14. The van der Waals surface area contributed by atoms with E-state index in [9.17, 15) is 4.79 Å². The molecule has 2 aromatic rings. The zero-order valence-corrected chi connectivity index (χ0v) is 16.2. The maximum absolute atomic E-state index is 12.5. The topological polar surface area (TPSA) is 75.9 Å². The molecular weight excluding hydrogens is 340 g/mol. The smallest absolute Gasteiger partial charge is 0.226 e. The van der Waals surface area contributed by atoms with Crippen LogP contribution < -0.4 is 5.32 Å². The molecule has 0 saturated heterocycles. The molecule has 7 nitrogen and oxygen atoms in total. The molecule has 1 amide bonds.